The van der Waals surface area contributed by atoms with E-state index in [0.717, 1.165) is 19.3 Å². The molecule has 0 spiro atoms. The normalized spacial score (nSPS) is 14.5. The van der Waals surface area contributed by atoms with Gasteiger partial charge in [-0.15, -0.1) is 0 Å². The highest BCUT2D eigenvalue weighted by Crippen LogP contribution is 2.27. The lowest BCUT2D eigenvalue weighted by Gasteiger charge is -2.31. The van der Waals surface area contributed by atoms with Crippen molar-refractivity contribution in [1.29, 1.82) is 0 Å². The number of nitrogens with two attached hydrogens (primary N) is 2. The standard InChI is InChI=1S/C22H44N2O4/c1-2-3-4-5-6-7-8-9-10-11-12-13-16-19(20(25)26)22(24,21(27)28)17-14-15-18-23/h19H,2-18,23-24H2,1H3,(H,25,26)(H,27,28). The topological polar surface area (TPSA) is 127 Å². The molecule has 28 heavy (non-hydrogen) atoms. The van der Waals surface area contributed by atoms with Crippen molar-refractivity contribution in [3.05, 3.63) is 0 Å². The molecule has 0 radical (unpaired) electrons. The second-order valence-electron chi connectivity index (χ2n) is 8.16. The Labute approximate surface area is 171 Å². The zero-order valence-electron chi connectivity index (χ0n) is 18.0. The lowest BCUT2D eigenvalue weighted by molar-refractivity contribution is -0.156. The van der Waals surface area contributed by atoms with E-state index in [4.69, 9.17) is 11.5 Å². The minimum absolute atomic E-state index is 0.148. The molecule has 0 rings (SSSR count). The number of carboxylic acids is 2. The van der Waals surface area contributed by atoms with Crippen molar-refractivity contribution in [3.8, 4) is 0 Å². The SMILES string of the molecule is CCCCCCCCCCCCCCC(C(=O)O)C(N)(CCCCN)C(=O)O. The summed E-state index contributed by atoms with van der Waals surface area (Å²) in [6.45, 7) is 2.68. The fourth-order valence-electron chi connectivity index (χ4n) is 3.78. The number of carboxylic acid groups (broad SMARTS) is 2. The third kappa shape index (κ3) is 11.6. The van der Waals surface area contributed by atoms with Crippen LogP contribution >= 0.6 is 0 Å². The summed E-state index contributed by atoms with van der Waals surface area (Å²) in [5, 5.41) is 19.0. The van der Waals surface area contributed by atoms with Crippen molar-refractivity contribution >= 4 is 11.9 Å². The summed E-state index contributed by atoms with van der Waals surface area (Å²) in [6, 6.07) is 0. The number of rotatable bonds is 20. The van der Waals surface area contributed by atoms with E-state index in [1.54, 1.807) is 0 Å². The van der Waals surface area contributed by atoms with Gasteiger partial charge in [-0.25, -0.2) is 0 Å². The van der Waals surface area contributed by atoms with Crippen LogP contribution in [-0.2, 0) is 9.59 Å². The first-order chi connectivity index (χ1) is 13.4. The first-order valence-corrected chi connectivity index (χ1v) is 11.3. The Bertz CT molecular complexity index is 417. The molecule has 0 aromatic heterocycles. The molecule has 0 aliphatic carbocycles. The second-order valence-corrected chi connectivity index (χ2v) is 8.16. The summed E-state index contributed by atoms with van der Waals surface area (Å²) in [6.07, 6.45) is 16.0. The molecule has 0 heterocycles. The third-order valence-electron chi connectivity index (χ3n) is 5.71. The predicted octanol–water partition coefficient (Wildman–Crippen LogP) is 4.69. The van der Waals surface area contributed by atoms with E-state index in [1.165, 1.54) is 51.4 Å². The van der Waals surface area contributed by atoms with Crippen LogP contribution < -0.4 is 11.5 Å². The molecule has 0 aliphatic rings. The molecule has 0 amide bonds. The number of hydrogen-bond donors (Lipinski definition) is 4. The lowest BCUT2D eigenvalue weighted by Crippen LogP contribution is -2.56. The molecule has 0 saturated carbocycles. The van der Waals surface area contributed by atoms with Gasteiger partial charge in [0.25, 0.3) is 0 Å². The summed E-state index contributed by atoms with van der Waals surface area (Å²) in [5.74, 6) is -3.39. The van der Waals surface area contributed by atoms with Gasteiger partial charge in [0.05, 0.1) is 5.92 Å². The third-order valence-corrected chi connectivity index (χ3v) is 5.71. The quantitative estimate of drug-likeness (QED) is 0.220. The Morgan fingerprint density at radius 3 is 1.64 bits per heavy atom. The van der Waals surface area contributed by atoms with Crippen molar-refractivity contribution in [2.45, 2.75) is 115 Å². The van der Waals surface area contributed by atoms with Gasteiger partial charge in [-0.05, 0) is 32.2 Å². The molecule has 6 N–H and O–H groups in total. The molecule has 0 aliphatic heterocycles. The Balaban J connectivity index is 4.06. The molecule has 166 valence electrons. The molecule has 6 heteroatoms. The van der Waals surface area contributed by atoms with Gasteiger partial charge in [-0.1, -0.05) is 84.0 Å². The molecule has 2 atom stereocenters. The summed E-state index contributed by atoms with van der Waals surface area (Å²) in [5.41, 5.74) is 9.78. The van der Waals surface area contributed by atoms with Gasteiger partial charge in [-0.3, -0.25) is 9.59 Å². The molecule has 0 saturated heterocycles. The highest BCUT2D eigenvalue weighted by atomic mass is 16.4. The first-order valence-electron chi connectivity index (χ1n) is 11.3. The zero-order chi connectivity index (χ0) is 21.3. The van der Waals surface area contributed by atoms with Crippen molar-refractivity contribution in [2.24, 2.45) is 17.4 Å². The van der Waals surface area contributed by atoms with E-state index in [-0.39, 0.29) is 6.42 Å². The Morgan fingerprint density at radius 2 is 1.25 bits per heavy atom. The van der Waals surface area contributed by atoms with Crippen LogP contribution in [0.15, 0.2) is 0 Å². The van der Waals surface area contributed by atoms with Crippen molar-refractivity contribution < 1.29 is 19.8 Å². The molecule has 0 aromatic rings. The van der Waals surface area contributed by atoms with E-state index in [0.29, 0.717) is 32.2 Å². The predicted molar refractivity (Wildman–Crippen MR) is 114 cm³/mol. The van der Waals surface area contributed by atoms with Crippen molar-refractivity contribution in [2.75, 3.05) is 6.54 Å². The summed E-state index contributed by atoms with van der Waals surface area (Å²) >= 11 is 0. The number of aliphatic carboxylic acids is 2. The van der Waals surface area contributed by atoms with Crippen LogP contribution in [0.2, 0.25) is 0 Å². The highest BCUT2D eigenvalue weighted by Gasteiger charge is 2.45. The van der Waals surface area contributed by atoms with Gasteiger partial charge in [0.15, 0.2) is 0 Å². The second kappa shape index (κ2) is 16.8. The Hall–Kier alpha value is -1.14. The van der Waals surface area contributed by atoms with Crippen LogP contribution in [0, 0.1) is 5.92 Å². The van der Waals surface area contributed by atoms with E-state index in [1.807, 2.05) is 0 Å². The Morgan fingerprint density at radius 1 is 0.786 bits per heavy atom. The van der Waals surface area contributed by atoms with Gasteiger partial charge in [0, 0.05) is 0 Å². The first kappa shape index (κ1) is 26.9. The minimum atomic E-state index is -1.71. The van der Waals surface area contributed by atoms with Crippen LogP contribution in [0.5, 0.6) is 0 Å². The highest BCUT2D eigenvalue weighted by molar-refractivity contribution is 5.86. The zero-order valence-corrected chi connectivity index (χ0v) is 18.0. The fraction of sp³-hybridized carbons (Fsp3) is 0.909. The van der Waals surface area contributed by atoms with Gasteiger partial charge >= 0.3 is 11.9 Å². The maximum atomic E-state index is 11.7. The number of unbranched alkanes of at least 4 members (excludes halogenated alkanes) is 12. The summed E-state index contributed by atoms with van der Waals surface area (Å²) < 4.78 is 0. The minimum Gasteiger partial charge on any atom is -0.481 e. The van der Waals surface area contributed by atoms with E-state index < -0.39 is 23.4 Å². The lowest BCUT2D eigenvalue weighted by atomic mass is 9.77. The molecule has 0 aromatic carbocycles. The number of carbonyl (C=O) groups is 2. The van der Waals surface area contributed by atoms with Crippen LogP contribution in [0.4, 0.5) is 0 Å². The summed E-state index contributed by atoms with van der Waals surface area (Å²) in [7, 11) is 0. The van der Waals surface area contributed by atoms with E-state index >= 15 is 0 Å². The molecular formula is C22H44N2O4. The van der Waals surface area contributed by atoms with Gasteiger partial charge in [0.2, 0.25) is 0 Å². The fourth-order valence-corrected chi connectivity index (χ4v) is 3.78. The Kier molecular flexibility index (Phi) is 16.1. The summed E-state index contributed by atoms with van der Waals surface area (Å²) in [4.78, 5) is 23.3. The largest absolute Gasteiger partial charge is 0.481 e. The monoisotopic (exact) mass is 400 g/mol. The van der Waals surface area contributed by atoms with Crippen molar-refractivity contribution in [1.82, 2.24) is 0 Å². The maximum absolute atomic E-state index is 11.7. The molecule has 6 nitrogen and oxygen atoms in total. The van der Waals surface area contributed by atoms with Crippen molar-refractivity contribution in [3.63, 3.8) is 0 Å². The van der Waals surface area contributed by atoms with E-state index in [9.17, 15) is 19.8 Å². The molecule has 0 fully saturated rings. The van der Waals surface area contributed by atoms with Crippen LogP contribution in [0.3, 0.4) is 0 Å². The smallest absolute Gasteiger partial charge is 0.324 e. The number of hydrogen-bond acceptors (Lipinski definition) is 4. The van der Waals surface area contributed by atoms with Gasteiger partial charge in [0.1, 0.15) is 5.54 Å². The van der Waals surface area contributed by atoms with E-state index in [2.05, 4.69) is 6.92 Å². The van der Waals surface area contributed by atoms with Gasteiger partial charge in [-0.2, -0.15) is 0 Å². The molecular weight excluding hydrogens is 356 g/mol. The van der Waals surface area contributed by atoms with Crippen LogP contribution in [0.1, 0.15) is 110 Å². The molecule has 0 bridgehead atoms. The van der Waals surface area contributed by atoms with Gasteiger partial charge < -0.3 is 21.7 Å². The average molecular weight is 401 g/mol. The van der Waals surface area contributed by atoms with Crippen LogP contribution in [0.25, 0.3) is 0 Å². The maximum Gasteiger partial charge on any atom is 0.324 e. The van der Waals surface area contributed by atoms with Crippen LogP contribution in [-0.4, -0.2) is 34.2 Å². The molecule has 2 unspecified atom stereocenters. The average Bonchev–Trinajstić information content (AvgIpc) is 2.65.